The van der Waals surface area contributed by atoms with E-state index in [1.165, 1.54) is 126 Å². The summed E-state index contributed by atoms with van der Waals surface area (Å²) in [7, 11) is 0. The third-order valence-electron chi connectivity index (χ3n) is 8.56. The molecule has 2 atom stereocenters. The first kappa shape index (κ1) is 19.8. The molecule has 0 aromatic rings. The van der Waals surface area contributed by atoms with Crippen LogP contribution in [0.3, 0.4) is 0 Å². The molecule has 0 saturated carbocycles. The van der Waals surface area contributed by atoms with E-state index in [0.717, 1.165) is 11.8 Å². The van der Waals surface area contributed by atoms with Crippen molar-refractivity contribution in [3.05, 3.63) is 0 Å². The van der Waals surface area contributed by atoms with Gasteiger partial charge in [0, 0.05) is 25.7 Å². The summed E-state index contributed by atoms with van der Waals surface area (Å²) in [4.78, 5) is 0. The first-order valence-electron chi connectivity index (χ1n) is 11.6. The molecule has 4 bridgehead atoms. The first-order chi connectivity index (χ1) is 12.6. The zero-order valence-corrected chi connectivity index (χ0v) is 18.2. The van der Waals surface area contributed by atoms with E-state index >= 15 is 0 Å². The van der Waals surface area contributed by atoms with Gasteiger partial charge in [0.05, 0.1) is 63.1 Å². The molecule has 4 heteroatoms. The van der Waals surface area contributed by atoms with Gasteiger partial charge in [0.15, 0.2) is 0 Å². The molecule has 6 fully saturated rings. The molecular formula is C22H40Cl2N2+2. The second-order valence-corrected chi connectivity index (χ2v) is 11.3. The molecule has 6 heterocycles. The zero-order valence-electron chi connectivity index (χ0n) is 16.7. The summed E-state index contributed by atoms with van der Waals surface area (Å²) in [5.74, 6) is 1.67. The largest absolute Gasteiger partial charge is 0.322 e. The molecule has 0 spiro atoms. The van der Waals surface area contributed by atoms with E-state index in [4.69, 9.17) is 23.2 Å². The molecule has 0 aromatic carbocycles. The number of hydrogen-bond donors (Lipinski definition) is 0. The number of piperidine rings is 6. The highest BCUT2D eigenvalue weighted by Gasteiger charge is 2.45. The Hall–Kier alpha value is 0.500. The molecule has 6 aliphatic heterocycles. The van der Waals surface area contributed by atoms with Crippen LogP contribution in [0.1, 0.15) is 64.2 Å². The minimum atomic E-state index is 0.470. The second kappa shape index (κ2) is 8.47. The van der Waals surface area contributed by atoms with Crippen LogP contribution in [-0.2, 0) is 0 Å². The molecule has 0 radical (unpaired) electrons. The Kier molecular flexibility index (Phi) is 6.45. The fourth-order valence-electron chi connectivity index (χ4n) is 6.63. The summed E-state index contributed by atoms with van der Waals surface area (Å²) >= 11 is 13.1. The van der Waals surface area contributed by atoms with Gasteiger partial charge in [-0.3, -0.25) is 0 Å². The van der Waals surface area contributed by atoms with Crippen molar-refractivity contribution in [3.8, 4) is 0 Å². The normalized spacial score (nSPS) is 44.5. The number of fused-ring (bicyclic) bond motifs is 6. The average molecular weight is 403 g/mol. The molecule has 0 amide bonds. The van der Waals surface area contributed by atoms with Gasteiger partial charge < -0.3 is 8.97 Å². The van der Waals surface area contributed by atoms with Crippen LogP contribution in [0.2, 0.25) is 0 Å². The van der Waals surface area contributed by atoms with Crippen LogP contribution in [0.5, 0.6) is 0 Å². The number of quaternary nitrogens is 2. The SMILES string of the molecule is Cl[C@@H]1C[N+]2(CCCCCCCC[N+]34CCC(CC3)[C@H](Cl)C4)CCC1CC2. The molecule has 2 nitrogen and oxygen atoms in total. The van der Waals surface area contributed by atoms with Crippen molar-refractivity contribution in [2.45, 2.75) is 75.0 Å². The third kappa shape index (κ3) is 4.39. The van der Waals surface area contributed by atoms with Crippen molar-refractivity contribution in [2.75, 3.05) is 52.4 Å². The van der Waals surface area contributed by atoms with E-state index in [1.54, 1.807) is 0 Å². The van der Waals surface area contributed by atoms with Gasteiger partial charge in [-0.25, -0.2) is 0 Å². The van der Waals surface area contributed by atoms with Crippen molar-refractivity contribution in [1.29, 1.82) is 0 Å². The minimum Gasteiger partial charge on any atom is -0.322 e. The van der Waals surface area contributed by atoms with Crippen molar-refractivity contribution in [2.24, 2.45) is 11.8 Å². The Balaban J connectivity index is 1.06. The molecule has 0 aliphatic carbocycles. The standard InChI is InChI=1S/C22H40Cl2N2/c23-21-17-25(13-7-19(21)8-14-25)11-5-3-1-2-4-6-12-26-15-9-20(10-16-26)22(24)18-26/h19-22H,1-18H2/q+2/t19?,20?,21-,22-,25?,26?/m1/s1. The van der Waals surface area contributed by atoms with Crippen molar-refractivity contribution in [3.63, 3.8) is 0 Å². The summed E-state index contributed by atoms with van der Waals surface area (Å²) in [5, 5.41) is 0.940. The Morgan fingerprint density at radius 2 is 0.885 bits per heavy atom. The van der Waals surface area contributed by atoms with Crippen LogP contribution < -0.4 is 0 Å². The van der Waals surface area contributed by atoms with Gasteiger partial charge in [-0.05, 0) is 37.5 Å². The van der Waals surface area contributed by atoms with Gasteiger partial charge >= 0.3 is 0 Å². The smallest absolute Gasteiger partial charge is 0.0955 e. The predicted octanol–water partition coefficient (Wildman–Crippen LogP) is 5.02. The predicted molar refractivity (Wildman–Crippen MR) is 112 cm³/mol. The average Bonchev–Trinajstić information content (AvgIpc) is 2.65. The van der Waals surface area contributed by atoms with Gasteiger partial charge in [0.25, 0.3) is 0 Å². The first-order valence-corrected chi connectivity index (χ1v) is 12.5. The summed E-state index contributed by atoms with van der Waals surface area (Å²) in [6.45, 7) is 11.0. The highest BCUT2D eigenvalue weighted by Crippen LogP contribution is 2.38. The number of halogens is 2. The summed E-state index contributed by atoms with van der Waals surface area (Å²) < 4.78 is 2.70. The highest BCUT2D eigenvalue weighted by molar-refractivity contribution is 6.21. The summed E-state index contributed by atoms with van der Waals surface area (Å²) in [5.41, 5.74) is 0. The Morgan fingerprint density at radius 3 is 1.23 bits per heavy atom. The van der Waals surface area contributed by atoms with Gasteiger partial charge in [-0.2, -0.15) is 0 Å². The number of hydrogen-bond acceptors (Lipinski definition) is 0. The van der Waals surface area contributed by atoms with Gasteiger partial charge in [0.2, 0.25) is 0 Å². The number of rotatable bonds is 9. The maximum absolute atomic E-state index is 6.57. The highest BCUT2D eigenvalue weighted by atomic mass is 35.5. The molecule has 6 aliphatic rings. The topological polar surface area (TPSA) is 0 Å². The van der Waals surface area contributed by atoms with E-state index < -0.39 is 0 Å². The quantitative estimate of drug-likeness (QED) is 0.288. The van der Waals surface area contributed by atoms with E-state index in [-0.39, 0.29) is 0 Å². The zero-order chi connectivity index (χ0) is 18.0. The molecule has 6 saturated heterocycles. The third-order valence-corrected chi connectivity index (χ3v) is 9.55. The Labute approximate surface area is 171 Å². The van der Waals surface area contributed by atoms with Gasteiger partial charge in [-0.15, -0.1) is 23.2 Å². The van der Waals surface area contributed by atoms with E-state index in [1.807, 2.05) is 0 Å². The monoisotopic (exact) mass is 402 g/mol. The molecular weight excluding hydrogens is 363 g/mol. The lowest BCUT2D eigenvalue weighted by atomic mass is 9.85. The van der Waals surface area contributed by atoms with Crippen LogP contribution in [0.15, 0.2) is 0 Å². The minimum absolute atomic E-state index is 0.470. The maximum atomic E-state index is 6.57. The molecule has 26 heavy (non-hydrogen) atoms. The van der Waals surface area contributed by atoms with E-state index in [2.05, 4.69) is 0 Å². The Bertz CT molecular complexity index is 411. The van der Waals surface area contributed by atoms with Crippen LogP contribution in [0.25, 0.3) is 0 Å². The van der Waals surface area contributed by atoms with Gasteiger partial charge in [-0.1, -0.05) is 12.8 Å². The van der Waals surface area contributed by atoms with Crippen LogP contribution in [-0.4, -0.2) is 72.1 Å². The molecule has 0 unspecified atom stereocenters. The van der Waals surface area contributed by atoms with Crippen LogP contribution in [0.4, 0.5) is 0 Å². The number of alkyl halides is 2. The summed E-state index contributed by atoms with van der Waals surface area (Å²) in [6.07, 6.45) is 14.1. The maximum Gasteiger partial charge on any atom is 0.0955 e. The molecule has 150 valence electrons. The molecule has 0 aromatic heterocycles. The van der Waals surface area contributed by atoms with Crippen LogP contribution >= 0.6 is 23.2 Å². The van der Waals surface area contributed by atoms with E-state index in [9.17, 15) is 0 Å². The number of nitrogens with zero attached hydrogens (tertiary/aromatic N) is 2. The van der Waals surface area contributed by atoms with Gasteiger partial charge in [0.1, 0.15) is 0 Å². The molecule has 0 N–H and O–H groups in total. The lowest BCUT2D eigenvalue weighted by Crippen LogP contribution is -2.62. The molecule has 6 rings (SSSR count). The summed E-state index contributed by atoms with van der Waals surface area (Å²) in [6, 6.07) is 0. The fraction of sp³-hybridized carbons (Fsp3) is 1.00. The van der Waals surface area contributed by atoms with Crippen molar-refractivity contribution >= 4 is 23.2 Å². The van der Waals surface area contributed by atoms with E-state index in [0.29, 0.717) is 10.8 Å². The lowest BCUT2D eigenvalue weighted by Gasteiger charge is -2.51. The second-order valence-electron chi connectivity index (χ2n) is 10.2. The van der Waals surface area contributed by atoms with Crippen LogP contribution in [0, 0.1) is 11.8 Å². The Morgan fingerprint density at radius 1 is 0.538 bits per heavy atom. The van der Waals surface area contributed by atoms with Crippen molar-refractivity contribution < 1.29 is 8.97 Å². The number of unbranched alkanes of at least 4 members (excludes halogenated alkanes) is 5. The fourth-order valence-corrected chi connectivity index (χ4v) is 7.72. The van der Waals surface area contributed by atoms with Crippen molar-refractivity contribution in [1.82, 2.24) is 0 Å². The lowest BCUT2D eigenvalue weighted by molar-refractivity contribution is -0.942.